The lowest BCUT2D eigenvalue weighted by atomic mass is 10.1. The van der Waals surface area contributed by atoms with Crippen molar-refractivity contribution in [3.05, 3.63) is 35.8 Å². The van der Waals surface area contributed by atoms with Gasteiger partial charge in [0.25, 0.3) is 0 Å². The molecular weight excluding hydrogens is 263 g/mol. The van der Waals surface area contributed by atoms with E-state index in [4.69, 9.17) is 10.2 Å². The number of benzene rings is 1. The molecule has 0 radical (unpaired) electrons. The van der Waals surface area contributed by atoms with Gasteiger partial charge < -0.3 is 10.2 Å². The van der Waals surface area contributed by atoms with Crippen LogP contribution < -0.4 is 5.73 Å². The standard InChI is InChI=1S/C14H17FN2OS/c1-17-4-5-19-8-11(17)14(16)13-7-9-6-10(15)2-3-12(9)18-13/h2-3,6-7,11,14H,4-5,8,16H2,1H3. The zero-order valence-electron chi connectivity index (χ0n) is 10.8. The van der Waals surface area contributed by atoms with E-state index >= 15 is 0 Å². The summed E-state index contributed by atoms with van der Waals surface area (Å²) < 4.78 is 18.9. The first-order valence-electron chi connectivity index (χ1n) is 6.38. The number of nitrogens with zero attached hydrogens (tertiary/aromatic N) is 1. The van der Waals surface area contributed by atoms with Crippen LogP contribution in [0.2, 0.25) is 0 Å². The van der Waals surface area contributed by atoms with Gasteiger partial charge in [-0.3, -0.25) is 4.90 Å². The lowest BCUT2D eigenvalue weighted by molar-refractivity contribution is 0.224. The molecule has 1 fully saturated rings. The smallest absolute Gasteiger partial charge is 0.134 e. The second-order valence-corrected chi connectivity index (χ2v) is 6.13. The predicted molar refractivity (Wildman–Crippen MR) is 76.8 cm³/mol. The Labute approximate surface area is 115 Å². The minimum Gasteiger partial charge on any atom is -0.459 e. The average molecular weight is 280 g/mol. The monoisotopic (exact) mass is 280 g/mol. The molecule has 1 aliphatic rings. The number of rotatable bonds is 2. The van der Waals surface area contributed by atoms with Crippen molar-refractivity contribution < 1.29 is 8.81 Å². The van der Waals surface area contributed by atoms with Crippen molar-refractivity contribution in [2.45, 2.75) is 12.1 Å². The Hall–Kier alpha value is -1.04. The zero-order valence-corrected chi connectivity index (χ0v) is 11.6. The molecule has 0 saturated carbocycles. The summed E-state index contributed by atoms with van der Waals surface area (Å²) in [5.74, 6) is 2.63. The Bertz CT molecular complexity index is 586. The number of fused-ring (bicyclic) bond motifs is 1. The van der Waals surface area contributed by atoms with Gasteiger partial charge in [0.2, 0.25) is 0 Å². The largest absolute Gasteiger partial charge is 0.459 e. The van der Waals surface area contributed by atoms with Crippen molar-refractivity contribution in [1.82, 2.24) is 4.90 Å². The van der Waals surface area contributed by atoms with Gasteiger partial charge in [-0.05, 0) is 31.3 Å². The fourth-order valence-electron chi connectivity index (χ4n) is 2.47. The van der Waals surface area contributed by atoms with Crippen LogP contribution in [-0.2, 0) is 0 Å². The van der Waals surface area contributed by atoms with Crippen LogP contribution in [-0.4, -0.2) is 36.0 Å². The fourth-order valence-corrected chi connectivity index (χ4v) is 3.76. The molecule has 3 nitrogen and oxygen atoms in total. The van der Waals surface area contributed by atoms with E-state index in [-0.39, 0.29) is 17.9 Å². The molecule has 1 saturated heterocycles. The summed E-state index contributed by atoms with van der Waals surface area (Å²) >= 11 is 1.92. The van der Waals surface area contributed by atoms with Gasteiger partial charge in [0.05, 0.1) is 6.04 Å². The van der Waals surface area contributed by atoms with Gasteiger partial charge in [-0.2, -0.15) is 11.8 Å². The Morgan fingerprint density at radius 3 is 3.11 bits per heavy atom. The number of nitrogens with two attached hydrogens (primary N) is 1. The van der Waals surface area contributed by atoms with Crippen molar-refractivity contribution in [3.63, 3.8) is 0 Å². The molecule has 1 aromatic carbocycles. The molecule has 0 spiro atoms. The van der Waals surface area contributed by atoms with Gasteiger partial charge in [-0.25, -0.2) is 4.39 Å². The first-order valence-corrected chi connectivity index (χ1v) is 7.53. The summed E-state index contributed by atoms with van der Waals surface area (Å²) in [6, 6.07) is 6.49. The summed E-state index contributed by atoms with van der Waals surface area (Å²) in [5, 5.41) is 0.775. The molecule has 2 N–H and O–H groups in total. The van der Waals surface area contributed by atoms with Crippen LogP contribution in [0.25, 0.3) is 11.0 Å². The van der Waals surface area contributed by atoms with Gasteiger partial charge in [-0.15, -0.1) is 0 Å². The van der Waals surface area contributed by atoms with Crippen LogP contribution in [0, 0.1) is 5.82 Å². The SMILES string of the molecule is CN1CCSCC1C(N)c1cc2cc(F)ccc2o1. The molecule has 19 heavy (non-hydrogen) atoms. The van der Waals surface area contributed by atoms with Crippen LogP contribution in [0.3, 0.4) is 0 Å². The Balaban J connectivity index is 1.90. The Morgan fingerprint density at radius 1 is 1.47 bits per heavy atom. The minimum absolute atomic E-state index is 0.173. The third-order valence-corrected chi connectivity index (χ3v) is 4.73. The third-order valence-electron chi connectivity index (χ3n) is 3.68. The van der Waals surface area contributed by atoms with Crippen LogP contribution in [0.5, 0.6) is 0 Å². The van der Waals surface area contributed by atoms with E-state index in [2.05, 4.69) is 11.9 Å². The summed E-state index contributed by atoms with van der Waals surface area (Å²) in [7, 11) is 2.09. The normalized spacial score (nSPS) is 22.8. The van der Waals surface area contributed by atoms with Crippen molar-refractivity contribution >= 4 is 22.7 Å². The van der Waals surface area contributed by atoms with Gasteiger partial charge in [0.15, 0.2) is 0 Å². The lowest BCUT2D eigenvalue weighted by Crippen LogP contribution is -2.46. The maximum Gasteiger partial charge on any atom is 0.134 e. The van der Waals surface area contributed by atoms with E-state index in [1.807, 2.05) is 17.8 Å². The average Bonchev–Trinajstić information content (AvgIpc) is 2.81. The second kappa shape index (κ2) is 5.15. The van der Waals surface area contributed by atoms with Crippen LogP contribution in [0.15, 0.2) is 28.7 Å². The topological polar surface area (TPSA) is 42.4 Å². The molecule has 0 aliphatic carbocycles. The molecule has 2 aromatic rings. The summed E-state index contributed by atoms with van der Waals surface area (Å²) in [6.07, 6.45) is 0. The molecule has 1 aromatic heterocycles. The molecule has 3 rings (SSSR count). The van der Waals surface area contributed by atoms with Crippen molar-refractivity contribution in [3.8, 4) is 0 Å². The number of likely N-dealkylation sites (N-methyl/N-ethyl adjacent to an activating group) is 1. The van der Waals surface area contributed by atoms with E-state index < -0.39 is 0 Å². The van der Waals surface area contributed by atoms with Crippen molar-refractivity contribution in [1.29, 1.82) is 0 Å². The van der Waals surface area contributed by atoms with E-state index in [0.717, 1.165) is 29.2 Å². The zero-order chi connectivity index (χ0) is 13.4. The van der Waals surface area contributed by atoms with Crippen molar-refractivity contribution in [2.75, 3.05) is 25.1 Å². The molecule has 102 valence electrons. The Kier molecular flexibility index (Phi) is 3.52. The summed E-state index contributed by atoms with van der Waals surface area (Å²) in [4.78, 5) is 2.27. The highest BCUT2D eigenvalue weighted by Gasteiger charge is 2.28. The summed E-state index contributed by atoms with van der Waals surface area (Å²) in [6.45, 7) is 1.04. The van der Waals surface area contributed by atoms with Gasteiger partial charge in [-0.1, -0.05) is 0 Å². The number of hydrogen-bond acceptors (Lipinski definition) is 4. The van der Waals surface area contributed by atoms with Gasteiger partial charge in [0, 0.05) is 29.5 Å². The van der Waals surface area contributed by atoms with E-state index in [1.165, 1.54) is 12.1 Å². The number of hydrogen-bond donors (Lipinski definition) is 1. The van der Waals surface area contributed by atoms with Crippen LogP contribution in [0.4, 0.5) is 4.39 Å². The van der Waals surface area contributed by atoms with Gasteiger partial charge >= 0.3 is 0 Å². The highest BCUT2D eigenvalue weighted by Crippen LogP contribution is 2.29. The first-order chi connectivity index (χ1) is 9.15. The van der Waals surface area contributed by atoms with E-state index in [1.54, 1.807) is 6.07 Å². The predicted octanol–water partition coefficient (Wildman–Crippen LogP) is 2.62. The minimum atomic E-state index is -0.251. The van der Waals surface area contributed by atoms with Crippen molar-refractivity contribution in [2.24, 2.45) is 5.73 Å². The maximum absolute atomic E-state index is 13.2. The highest BCUT2D eigenvalue weighted by molar-refractivity contribution is 7.99. The Morgan fingerprint density at radius 2 is 2.32 bits per heavy atom. The van der Waals surface area contributed by atoms with E-state index in [9.17, 15) is 4.39 Å². The first kappa shape index (κ1) is 13.0. The molecule has 5 heteroatoms. The van der Waals surface area contributed by atoms with E-state index in [0.29, 0.717) is 5.58 Å². The van der Waals surface area contributed by atoms with Crippen LogP contribution in [0.1, 0.15) is 11.8 Å². The lowest BCUT2D eigenvalue weighted by Gasteiger charge is -2.35. The molecule has 0 amide bonds. The molecule has 2 atom stereocenters. The fraction of sp³-hybridized carbons (Fsp3) is 0.429. The van der Waals surface area contributed by atoms with Gasteiger partial charge in [0.1, 0.15) is 17.2 Å². The third kappa shape index (κ3) is 2.50. The summed E-state index contributed by atoms with van der Waals surface area (Å²) in [5.41, 5.74) is 7.01. The number of thioether (sulfide) groups is 1. The highest BCUT2D eigenvalue weighted by atomic mass is 32.2. The quantitative estimate of drug-likeness (QED) is 0.918. The van der Waals surface area contributed by atoms with Crippen LogP contribution >= 0.6 is 11.8 Å². The number of furan rings is 1. The molecule has 1 aliphatic heterocycles. The molecular formula is C14H17FN2OS. The maximum atomic E-state index is 13.2. The molecule has 2 heterocycles. The molecule has 0 bridgehead atoms. The second-order valence-electron chi connectivity index (χ2n) is 4.98. The number of halogens is 1. The molecule has 2 unspecified atom stereocenters.